The summed E-state index contributed by atoms with van der Waals surface area (Å²) in [5.41, 5.74) is 1.14. The molecule has 2 heterocycles. The molecule has 1 aromatic carbocycles. The summed E-state index contributed by atoms with van der Waals surface area (Å²) in [6.45, 7) is 4.07. The molecule has 3 rings (SSSR count). The number of benzene rings is 1. The maximum atomic E-state index is 12.6. The molecule has 2 aromatic heterocycles. The van der Waals surface area contributed by atoms with Crippen molar-refractivity contribution < 1.29 is 9.53 Å². The third-order valence-electron chi connectivity index (χ3n) is 4.13. The molecule has 0 radical (unpaired) electrons. The average Bonchev–Trinajstić information content (AvgIpc) is 3.13. The van der Waals surface area contributed by atoms with Crippen LogP contribution in [0.25, 0.3) is 16.7 Å². The second-order valence-corrected chi connectivity index (χ2v) is 6.02. The van der Waals surface area contributed by atoms with Crippen LogP contribution in [-0.2, 0) is 16.1 Å². The number of aromatic nitrogens is 4. The van der Waals surface area contributed by atoms with E-state index >= 15 is 0 Å². The molecule has 0 aliphatic rings. The van der Waals surface area contributed by atoms with Gasteiger partial charge >= 0.3 is 0 Å². The average molecular weight is 369 g/mol. The summed E-state index contributed by atoms with van der Waals surface area (Å²) in [6.07, 6.45) is 3.97. The van der Waals surface area contributed by atoms with Crippen LogP contribution in [0.5, 0.6) is 0 Å². The van der Waals surface area contributed by atoms with Gasteiger partial charge in [-0.1, -0.05) is 18.2 Å². The third-order valence-corrected chi connectivity index (χ3v) is 4.13. The molecule has 0 aliphatic carbocycles. The largest absolute Gasteiger partial charge is 0.382 e. The van der Waals surface area contributed by atoms with Gasteiger partial charge in [-0.05, 0) is 25.5 Å². The summed E-state index contributed by atoms with van der Waals surface area (Å²) in [4.78, 5) is 28.9. The van der Waals surface area contributed by atoms with Crippen molar-refractivity contribution in [1.82, 2.24) is 24.6 Å². The fraction of sp³-hybridized carbons (Fsp3) is 0.368. The Kier molecular flexibility index (Phi) is 6.32. The highest BCUT2D eigenvalue weighted by Gasteiger charge is 2.12. The highest BCUT2D eigenvalue weighted by atomic mass is 16.5. The highest BCUT2D eigenvalue weighted by molar-refractivity contribution is 5.76. The van der Waals surface area contributed by atoms with Gasteiger partial charge in [0.15, 0.2) is 5.65 Å². The summed E-state index contributed by atoms with van der Waals surface area (Å²) >= 11 is 0. The Hall–Kier alpha value is -3.00. The van der Waals surface area contributed by atoms with Crippen LogP contribution in [-0.4, -0.2) is 45.0 Å². The SMILES string of the molecule is CCOCCCNC(=O)CCn1cnc2c(cnn2-c2ccccc2)c1=O. The Morgan fingerprint density at radius 2 is 2.07 bits per heavy atom. The molecular weight excluding hydrogens is 346 g/mol. The molecule has 0 fully saturated rings. The van der Waals surface area contributed by atoms with Crippen LogP contribution >= 0.6 is 0 Å². The lowest BCUT2D eigenvalue weighted by molar-refractivity contribution is -0.121. The van der Waals surface area contributed by atoms with Crippen LogP contribution in [0.3, 0.4) is 0 Å². The number of nitrogens with zero attached hydrogens (tertiary/aromatic N) is 4. The molecule has 0 atom stereocenters. The molecular formula is C19H23N5O3. The number of nitrogens with one attached hydrogen (secondary N) is 1. The lowest BCUT2D eigenvalue weighted by atomic mass is 10.3. The number of hydrogen-bond donors (Lipinski definition) is 1. The number of para-hydroxylation sites is 1. The highest BCUT2D eigenvalue weighted by Crippen LogP contribution is 2.12. The first-order chi connectivity index (χ1) is 13.2. The number of fused-ring (bicyclic) bond motifs is 1. The maximum absolute atomic E-state index is 12.6. The van der Waals surface area contributed by atoms with Gasteiger partial charge in [-0.3, -0.25) is 14.2 Å². The summed E-state index contributed by atoms with van der Waals surface area (Å²) in [5, 5.41) is 7.53. The summed E-state index contributed by atoms with van der Waals surface area (Å²) < 4.78 is 8.30. The second kappa shape index (κ2) is 9.09. The van der Waals surface area contributed by atoms with Crippen molar-refractivity contribution in [1.29, 1.82) is 0 Å². The van der Waals surface area contributed by atoms with E-state index < -0.39 is 0 Å². The van der Waals surface area contributed by atoms with Gasteiger partial charge in [0.05, 0.1) is 18.2 Å². The molecule has 0 bridgehead atoms. The van der Waals surface area contributed by atoms with Gasteiger partial charge in [-0.15, -0.1) is 0 Å². The van der Waals surface area contributed by atoms with E-state index in [1.165, 1.54) is 17.1 Å². The molecule has 0 saturated carbocycles. The molecule has 0 spiro atoms. The topological polar surface area (TPSA) is 91.0 Å². The first-order valence-corrected chi connectivity index (χ1v) is 9.03. The quantitative estimate of drug-likeness (QED) is 0.578. The summed E-state index contributed by atoms with van der Waals surface area (Å²) in [5.74, 6) is -0.0986. The van der Waals surface area contributed by atoms with Crippen LogP contribution in [0.4, 0.5) is 0 Å². The molecule has 0 aliphatic heterocycles. The number of rotatable bonds is 9. The lowest BCUT2D eigenvalue weighted by Gasteiger charge is -2.07. The third kappa shape index (κ3) is 4.59. The molecule has 3 aromatic rings. The summed E-state index contributed by atoms with van der Waals surface area (Å²) in [7, 11) is 0. The first kappa shape index (κ1) is 18.8. The van der Waals surface area contributed by atoms with E-state index in [-0.39, 0.29) is 24.4 Å². The monoisotopic (exact) mass is 369 g/mol. The van der Waals surface area contributed by atoms with E-state index in [0.29, 0.717) is 30.8 Å². The Labute approximate surface area is 156 Å². The van der Waals surface area contributed by atoms with Gasteiger partial charge < -0.3 is 10.1 Å². The Bertz CT molecular complexity index is 949. The van der Waals surface area contributed by atoms with Gasteiger partial charge in [0.2, 0.25) is 5.91 Å². The van der Waals surface area contributed by atoms with Crippen molar-refractivity contribution in [3.05, 3.63) is 53.2 Å². The lowest BCUT2D eigenvalue weighted by Crippen LogP contribution is -2.28. The Morgan fingerprint density at radius 3 is 2.85 bits per heavy atom. The van der Waals surface area contributed by atoms with Gasteiger partial charge in [0.25, 0.3) is 5.56 Å². The van der Waals surface area contributed by atoms with Crippen molar-refractivity contribution in [3.8, 4) is 5.69 Å². The van der Waals surface area contributed by atoms with Crippen LogP contribution in [0.1, 0.15) is 19.8 Å². The molecule has 27 heavy (non-hydrogen) atoms. The van der Waals surface area contributed by atoms with E-state index in [9.17, 15) is 9.59 Å². The van der Waals surface area contributed by atoms with Crippen LogP contribution < -0.4 is 10.9 Å². The number of carbonyl (C=O) groups excluding carboxylic acids is 1. The number of hydrogen-bond acceptors (Lipinski definition) is 5. The van der Waals surface area contributed by atoms with Crippen LogP contribution in [0, 0.1) is 0 Å². The molecule has 0 saturated heterocycles. The molecule has 0 unspecified atom stereocenters. The smallest absolute Gasteiger partial charge is 0.264 e. The molecule has 142 valence electrons. The zero-order valence-electron chi connectivity index (χ0n) is 15.3. The standard InChI is InChI=1S/C19H23N5O3/c1-2-27-12-6-10-20-17(25)9-11-23-14-21-18-16(19(23)26)13-22-24(18)15-7-4-3-5-8-15/h3-5,7-8,13-14H,2,6,9-12H2,1H3,(H,20,25). The minimum atomic E-state index is -0.202. The zero-order chi connectivity index (χ0) is 19.1. The number of amides is 1. The van der Waals surface area contributed by atoms with Crippen LogP contribution in [0.15, 0.2) is 47.7 Å². The van der Waals surface area contributed by atoms with E-state index in [2.05, 4.69) is 15.4 Å². The van der Waals surface area contributed by atoms with Crippen molar-refractivity contribution >= 4 is 16.9 Å². The van der Waals surface area contributed by atoms with Gasteiger partial charge in [0, 0.05) is 32.7 Å². The van der Waals surface area contributed by atoms with E-state index in [4.69, 9.17) is 4.74 Å². The van der Waals surface area contributed by atoms with Gasteiger partial charge in [-0.25, -0.2) is 9.67 Å². The first-order valence-electron chi connectivity index (χ1n) is 9.03. The number of ether oxygens (including phenoxy) is 1. The fourth-order valence-corrected chi connectivity index (χ4v) is 2.72. The molecule has 8 heteroatoms. The van der Waals surface area contributed by atoms with Crippen molar-refractivity contribution in [2.24, 2.45) is 0 Å². The number of carbonyl (C=O) groups is 1. The minimum absolute atomic E-state index is 0.0986. The predicted octanol–water partition coefficient (Wildman–Crippen LogP) is 1.52. The van der Waals surface area contributed by atoms with Gasteiger partial charge in [-0.2, -0.15) is 5.10 Å². The number of aryl methyl sites for hydroxylation is 1. The Morgan fingerprint density at radius 1 is 1.26 bits per heavy atom. The van der Waals surface area contributed by atoms with E-state index in [1.54, 1.807) is 4.68 Å². The Balaban J connectivity index is 1.64. The summed E-state index contributed by atoms with van der Waals surface area (Å²) in [6, 6.07) is 9.51. The predicted molar refractivity (Wildman–Crippen MR) is 102 cm³/mol. The molecule has 8 nitrogen and oxygen atoms in total. The van der Waals surface area contributed by atoms with Gasteiger partial charge in [0.1, 0.15) is 5.39 Å². The van der Waals surface area contributed by atoms with Crippen LogP contribution in [0.2, 0.25) is 0 Å². The van der Waals surface area contributed by atoms with E-state index in [1.807, 2.05) is 37.3 Å². The van der Waals surface area contributed by atoms with E-state index in [0.717, 1.165) is 12.1 Å². The van der Waals surface area contributed by atoms with Crippen molar-refractivity contribution in [3.63, 3.8) is 0 Å². The second-order valence-electron chi connectivity index (χ2n) is 6.02. The van der Waals surface area contributed by atoms with Crippen molar-refractivity contribution in [2.45, 2.75) is 26.3 Å². The molecule has 1 N–H and O–H groups in total. The normalized spacial score (nSPS) is 11.0. The zero-order valence-corrected chi connectivity index (χ0v) is 15.3. The van der Waals surface area contributed by atoms with Crippen molar-refractivity contribution in [2.75, 3.05) is 19.8 Å². The fourth-order valence-electron chi connectivity index (χ4n) is 2.72. The maximum Gasteiger partial charge on any atom is 0.264 e. The minimum Gasteiger partial charge on any atom is -0.382 e. The molecule has 1 amide bonds.